The summed E-state index contributed by atoms with van der Waals surface area (Å²) >= 11 is 0. The van der Waals surface area contributed by atoms with Crippen molar-refractivity contribution < 1.29 is 0 Å². The average molecular weight is 259 g/mol. The second-order valence-corrected chi connectivity index (χ2v) is 5.77. The molecule has 1 aliphatic rings. The quantitative estimate of drug-likeness (QED) is 0.643. The second kappa shape index (κ2) is 6.60. The van der Waals surface area contributed by atoms with Gasteiger partial charge in [0, 0.05) is 5.69 Å². The summed E-state index contributed by atoms with van der Waals surface area (Å²) in [5.74, 6) is 1.90. The Hall–Kier alpha value is -1.51. The molecule has 3 heteroatoms. The summed E-state index contributed by atoms with van der Waals surface area (Å²) in [4.78, 5) is 4.72. The van der Waals surface area contributed by atoms with E-state index in [0.29, 0.717) is 23.8 Å². The zero-order valence-corrected chi connectivity index (χ0v) is 12.0. The molecule has 2 rings (SSSR count). The summed E-state index contributed by atoms with van der Waals surface area (Å²) in [6.45, 7) is 4.58. The maximum Gasteiger partial charge on any atom is 0.193 e. The van der Waals surface area contributed by atoms with E-state index in [9.17, 15) is 0 Å². The fraction of sp³-hybridized carbons (Fsp3) is 0.562. The van der Waals surface area contributed by atoms with Crippen LogP contribution in [0.15, 0.2) is 35.3 Å². The second-order valence-electron chi connectivity index (χ2n) is 5.77. The number of para-hydroxylation sites is 1. The molecule has 1 fully saturated rings. The topological polar surface area (TPSA) is 50.4 Å². The first kappa shape index (κ1) is 13.9. The predicted molar refractivity (Wildman–Crippen MR) is 82.3 cm³/mol. The van der Waals surface area contributed by atoms with Crippen LogP contribution in [0.3, 0.4) is 0 Å². The van der Waals surface area contributed by atoms with E-state index in [1.165, 1.54) is 25.7 Å². The highest BCUT2D eigenvalue weighted by atomic mass is 15.1. The molecule has 1 aromatic rings. The van der Waals surface area contributed by atoms with Crippen LogP contribution in [0, 0.1) is 11.8 Å². The van der Waals surface area contributed by atoms with Gasteiger partial charge in [0.2, 0.25) is 0 Å². The largest absolute Gasteiger partial charge is 0.370 e. The first-order chi connectivity index (χ1) is 9.16. The van der Waals surface area contributed by atoms with Crippen LogP contribution in [-0.4, -0.2) is 12.0 Å². The van der Waals surface area contributed by atoms with Gasteiger partial charge in [-0.05, 0) is 36.8 Å². The molecule has 3 nitrogen and oxygen atoms in total. The minimum Gasteiger partial charge on any atom is -0.370 e. The Morgan fingerprint density at radius 1 is 1.21 bits per heavy atom. The maximum atomic E-state index is 6.04. The predicted octanol–water partition coefficient (Wildman–Crippen LogP) is 3.63. The van der Waals surface area contributed by atoms with E-state index in [1.807, 2.05) is 30.3 Å². The summed E-state index contributed by atoms with van der Waals surface area (Å²) in [6.07, 6.45) is 5.06. The summed E-state index contributed by atoms with van der Waals surface area (Å²) in [5.41, 5.74) is 7.04. The van der Waals surface area contributed by atoms with Crippen LogP contribution < -0.4 is 11.1 Å². The normalized spacial score (nSPS) is 24.5. The molecule has 0 saturated heterocycles. The highest BCUT2D eigenvalue weighted by molar-refractivity contribution is 5.92. The van der Waals surface area contributed by atoms with Gasteiger partial charge < -0.3 is 11.1 Å². The van der Waals surface area contributed by atoms with E-state index in [4.69, 9.17) is 10.7 Å². The summed E-state index contributed by atoms with van der Waals surface area (Å²) in [5, 5.41) is 3.18. The van der Waals surface area contributed by atoms with Gasteiger partial charge >= 0.3 is 0 Å². The SMILES string of the molecule is CC(C)C1CCCCC1N=C(N)Nc1ccccc1. The highest BCUT2D eigenvalue weighted by Crippen LogP contribution is 2.32. The van der Waals surface area contributed by atoms with Gasteiger partial charge in [-0.2, -0.15) is 0 Å². The minimum atomic E-state index is 0.380. The minimum absolute atomic E-state index is 0.380. The Balaban J connectivity index is 2.02. The van der Waals surface area contributed by atoms with Crippen molar-refractivity contribution in [2.75, 3.05) is 5.32 Å². The van der Waals surface area contributed by atoms with Crippen molar-refractivity contribution in [2.24, 2.45) is 22.6 Å². The molecule has 0 heterocycles. The number of nitrogens with two attached hydrogens (primary N) is 1. The third kappa shape index (κ3) is 3.98. The van der Waals surface area contributed by atoms with E-state index in [2.05, 4.69) is 19.2 Å². The van der Waals surface area contributed by atoms with Gasteiger partial charge in [0.25, 0.3) is 0 Å². The molecule has 1 aliphatic carbocycles. The zero-order chi connectivity index (χ0) is 13.7. The third-order valence-corrected chi connectivity index (χ3v) is 3.99. The van der Waals surface area contributed by atoms with Crippen LogP contribution in [0.2, 0.25) is 0 Å². The summed E-state index contributed by atoms with van der Waals surface area (Å²) in [7, 11) is 0. The van der Waals surface area contributed by atoms with E-state index >= 15 is 0 Å². The van der Waals surface area contributed by atoms with Crippen LogP contribution in [0.25, 0.3) is 0 Å². The van der Waals surface area contributed by atoms with Crippen LogP contribution in [0.1, 0.15) is 39.5 Å². The van der Waals surface area contributed by atoms with Crippen molar-refractivity contribution in [1.82, 2.24) is 0 Å². The highest BCUT2D eigenvalue weighted by Gasteiger charge is 2.27. The number of hydrogen-bond donors (Lipinski definition) is 2. The smallest absolute Gasteiger partial charge is 0.193 e. The number of nitrogens with zero attached hydrogens (tertiary/aromatic N) is 1. The molecule has 19 heavy (non-hydrogen) atoms. The molecule has 3 N–H and O–H groups in total. The van der Waals surface area contributed by atoms with Gasteiger partial charge in [0.05, 0.1) is 6.04 Å². The Kier molecular flexibility index (Phi) is 4.83. The number of benzene rings is 1. The molecular weight excluding hydrogens is 234 g/mol. The number of guanidine groups is 1. The molecule has 1 aromatic carbocycles. The molecule has 104 valence electrons. The Bertz CT molecular complexity index is 411. The molecule has 0 bridgehead atoms. The molecule has 0 aliphatic heterocycles. The molecule has 1 saturated carbocycles. The van der Waals surface area contributed by atoms with E-state index in [1.54, 1.807) is 0 Å². The van der Waals surface area contributed by atoms with Crippen molar-refractivity contribution in [2.45, 2.75) is 45.6 Å². The van der Waals surface area contributed by atoms with Crippen LogP contribution in [-0.2, 0) is 0 Å². The number of hydrogen-bond acceptors (Lipinski definition) is 1. The fourth-order valence-electron chi connectivity index (χ4n) is 2.96. The lowest BCUT2D eigenvalue weighted by Crippen LogP contribution is -2.32. The number of nitrogens with one attached hydrogen (secondary N) is 1. The van der Waals surface area contributed by atoms with Gasteiger partial charge in [-0.3, -0.25) is 0 Å². The van der Waals surface area contributed by atoms with E-state index < -0.39 is 0 Å². The molecular formula is C16H25N3. The Morgan fingerprint density at radius 3 is 2.58 bits per heavy atom. The Morgan fingerprint density at radius 2 is 1.89 bits per heavy atom. The monoisotopic (exact) mass is 259 g/mol. The molecule has 0 radical (unpaired) electrons. The molecule has 2 atom stereocenters. The van der Waals surface area contributed by atoms with Gasteiger partial charge in [-0.15, -0.1) is 0 Å². The number of rotatable bonds is 3. The van der Waals surface area contributed by atoms with Crippen molar-refractivity contribution in [1.29, 1.82) is 0 Å². The number of aliphatic imine (C=N–C) groups is 1. The van der Waals surface area contributed by atoms with Gasteiger partial charge in [0.15, 0.2) is 5.96 Å². The maximum absolute atomic E-state index is 6.04. The number of anilines is 1. The van der Waals surface area contributed by atoms with Crippen molar-refractivity contribution in [3.05, 3.63) is 30.3 Å². The molecule has 0 aromatic heterocycles. The molecule has 2 unspecified atom stereocenters. The first-order valence-corrected chi connectivity index (χ1v) is 7.32. The van der Waals surface area contributed by atoms with Crippen molar-refractivity contribution in [3.63, 3.8) is 0 Å². The van der Waals surface area contributed by atoms with E-state index in [0.717, 1.165) is 5.69 Å². The van der Waals surface area contributed by atoms with Crippen LogP contribution in [0.5, 0.6) is 0 Å². The zero-order valence-electron chi connectivity index (χ0n) is 12.0. The van der Waals surface area contributed by atoms with Crippen LogP contribution in [0.4, 0.5) is 5.69 Å². The first-order valence-electron chi connectivity index (χ1n) is 7.32. The lowest BCUT2D eigenvalue weighted by molar-refractivity contribution is 0.241. The van der Waals surface area contributed by atoms with Gasteiger partial charge in [0.1, 0.15) is 0 Å². The van der Waals surface area contributed by atoms with E-state index in [-0.39, 0.29) is 0 Å². The third-order valence-electron chi connectivity index (χ3n) is 3.99. The standard InChI is InChI=1S/C16H25N3/c1-12(2)14-10-6-7-11-15(14)19-16(17)18-13-8-4-3-5-9-13/h3-5,8-9,12,14-15H,6-7,10-11H2,1-2H3,(H3,17,18,19). The Labute approximate surface area is 116 Å². The van der Waals surface area contributed by atoms with Crippen LogP contribution >= 0.6 is 0 Å². The van der Waals surface area contributed by atoms with Crippen molar-refractivity contribution >= 4 is 11.6 Å². The molecule has 0 spiro atoms. The lowest BCUT2D eigenvalue weighted by atomic mass is 9.78. The summed E-state index contributed by atoms with van der Waals surface area (Å²) in [6, 6.07) is 10.4. The lowest BCUT2D eigenvalue weighted by Gasteiger charge is -2.32. The van der Waals surface area contributed by atoms with Gasteiger partial charge in [-0.25, -0.2) is 4.99 Å². The summed E-state index contributed by atoms with van der Waals surface area (Å²) < 4.78 is 0. The average Bonchev–Trinajstić information content (AvgIpc) is 2.40. The van der Waals surface area contributed by atoms with Gasteiger partial charge in [-0.1, -0.05) is 44.9 Å². The fourth-order valence-corrected chi connectivity index (χ4v) is 2.96. The molecule has 0 amide bonds. The van der Waals surface area contributed by atoms with Crippen molar-refractivity contribution in [3.8, 4) is 0 Å².